The molecule has 0 radical (unpaired) electrons. The first kappa shape index (κ1) is 12.7. The van der Waals surface area contributed by atoms with Gasteiger partial charge in [0, 0.05) is 18.0 Å². The second-order valence-corrected chi connectivity index (χ2v) is 6.25. The van der Waals surface area contributed by atoms with E-state index in [0.717, 1.165) is 35.4 Å². The summed E-state index contributed by atoms with van der Waals surface area (Å²) in [6.45, 7) is 0.792. The molecule has 4 rings (SSSR count). The van der Waals surface area contributed by atoms with Crippen molar-refractivity contribution in [2.45, 2.75) is 19.4 Å². The number of nitrogens with zero attached hydrogens (tertiary/aromatic N) is 4. The molecule has 1 amide bonds. The number of aryl methyl sites for hydroxylation is 1. The largest absolute Gasteiger partial charge is 0.307 e. The molecule has 0 saturated carbocycles. The van der Waals surface area contributed by atoms with E-state index in [-0.39, 0.29) is 5.91 Å². The van der Waals surface area contributed by atoms with E-state index in [1.807, 2.05) is 16.7 Å². The van der Waals surface area contributed by atoms with E-state index in [1.54, 1.807) is 6.07 Å². The summed E-state index contributed by atoms with van der Waals surface area (Å²) in [5.74, 6) is 0.942. The molecule has 0 spiro atoms. The molecule has 21 heavy (non-hydrogen) atoms. The summed E-state index contributed by atoms with van der Waals surface area (Å²) < 4.78 is 2.80. The van der Waals surface area contributed by atoms with Gasteiger partial charge in [0.25, 0.3) is 5.91 Å². The average molecular weight is 320 g/mol. The van der Waals surface area contributed by atoms with Gasteiger partial charge < -0.3 is 4.57 Å². The molecule has 0 saturated heterocycles. The SMILES string of the molecule is O=C(Nc1nc2ccc(Cl)cc2s1)c1nnc2n1CCC2. The van der Waals surface area contributed by atoms with Crippen molar-refractivity contribution in [1.82, 2.24) is 19.7 Å². The number of anilines is 1. The number of hydrogen-bond acceptors (Lipinski definition) is 5. The van der Waals surface area contributed by atoms with Crippen LogP contribution in [0.3, 0.4) is 0 Å². The predicted octanol–water partition coefficient (Wildman–Crippen LogP) is 2.74. The highest BCUT2D eigenvalue weighted by atomic mass is 35.5. The predicted molar refractivity (Wildman–Crippen MR) is 80.9 cm³/mol. The fourth-order valence-corrected chi connectivity index (χ4v) is 3.56. The maximum atomic E-state index is 12.3. The molecule has 0 aliphatic carbocycles. The molecule has 1 N–H and O–H groups in total. The molecule has 0 fully saturated rings. The Bertz CT molecular complexity index is 855. The maximum absolute atomic E-state index is 12.3. The fraction of sp³-hybridized carbons (Fsp3) is 0.231. The van der Waals surface area contributed by atoms with E-state index < -0.39 is 0 Å². The zero-order valence-electron chi connectivity index (χ0n) is 10.8. The molecular weight excluding hydrogens is 310 g/mol. The van der Waals surface area contributed by atoms with Crippen LogP contribution in [0.5, 0.6) is 0 Å². The average Bonchev–Trinajstić information content (AvgIpc) is 3.10. The van der Waals surface area contributed by atoms with Crippen molar-refractivity contribution in [1.29, 1.82) is 0 Å². The zero-order valence-corrected chi connectivity index (χ0v) is 12.4. The van der Waals surface area contributed by atoms with Crippen LogP contribution in [0, 0.1) is 0 Å². The van der Waals surface area contributed by atoms with Crippen LogP contribution < -0.4 is 5.32 Å². The number of benzene rings is 1. The van der Waals surface area contributed by atoms with Crippen LogP contribution in [0.2, 0.25) is 5.02 Å². The lowest BCUT2D eigenvalue weighted by Gasteiger charge is -2.01. The minimum Gasteiger partial charge on any atom is -0.307 e. The zero-order chi connectivity index (χ0) is 14.4. The van der Waals surface area contributed by atoms with Gasteiger partial charge in [0.15, 0.2) is 5.13 Å². The second kappa shape index (κ2) is 4.78. The first-order valence-corrected chi connectivity index (χ1v) is 7.70. The number of fused-ring (bicyclic) bond motifs is 2. The smallest absolute Gasteiger partial charge is 0.295 e. The van der Waals surface area contributed by atoms with Crippen LogP contribution in [0.4, 0.5) is 5.13 Å². The summed E-state index contributed by atoms with van der Waals surface area (Å²) in [7, 11) is 0. The van der Waals surface area contributed by atoms with E-state index in [4.69, 9.17) is 11.6 Å². The summed E-state index contributed by atoms with van der Waals surface area (Å²) in [6.07, 6.45) is 1.88. The van der Waals surface area contributed by atoms with Gasteiger partial charge in [-0.2, -0.15) is 0 Å². The van der Waals surface area contributed by atoms with Crippen LogP contribution >= 0.6 is 22.9 Å². The Morgan fingerprint density at radius 1 is 1.38 bits per heavy atom. The van der Waals surface area contributed by atoms with Crippen molar-refractivity contribution >= 4 is 44.2 Å². The van der Waals surface area contributed by atoms with Crippen LogP contribution in [0.1, 0.15) is 22.9 Å². The number of carbonyl (C=O) groups excluding carboxylic acids is 1. The molecule has 3 aromatic rings. The lowest BCUT2D eigenvalue weighted by atomic mass is 10.3. The van der Waals surface area contributed by atoms with Crippen molar-refractivity contribution in [3.8, 4) is 0 Å². The number of halogens is 1. The highest BCUT2D eigenvalue weighted by Gasteiger charge is 2.22. The number of hydrogen-bond donors (Lipinski definition) is 1. The number of carbonyl (C=O) groups is 1. The summed E-state index contributed by atoms with van der Waals surface area (Å²) in [5, 5.41) is 12.0. The van der Waals surface area contributed by atoms with Crippen LogP contribution in [-0.2, 0) is 13.0 Å². The van der Waals surface area contributed by atoms with Gasteiger partial charge in [-0.25, -0.2) is 4.98 Å². The van der Waals surface area contributed by atoms with Gasteiger partial charge in [-0.15, -0.1) is 10.2 Å². The summed E-state index contributed by atoms with van der Waals surface area (Å²) in [6, 6.07) is 5.44. The summed E-state index contributed by atoms with van der Waals surface area (Å²) in [4.78, 5) is 16.7. The van der Waals surface area contributed by atoms with Gasteiger partial charge in [0.2, 0.25) is 5.82 Å². The van der Waals surface area contributed by atoms with Gasteiger partial charge in [0.1, 0.15) is 5.82 Å². The highest BCUT2D eigenvalue weighted by Crippen LogP contribution is 2.28. The normalized spacial score (nSPS) is 13.6. The standard InChI is InChI=1S/C13H10ClN5OS/c14-7-3-4-8-9(6-7)21-13(15-8)16-12(20)11-18-17-10-2-1-5-19(10)11/h3-4,6H,1-2,5H2,(H,15,16,20). The molecule has 3 heterocycles. The van der Waals surface area contributed by atoms with Gasteiger partial charge in [-0.05, 0) is 24.6 Å². The third-order valence-corrected chi connectivity index (χ3v) is 4.55. The molecule has 6 nitrogen and oxygen atoms in total. The molecule has 106 valence electrons. The minimum absolute atomic E-state index is 0.277. The topological polar surface area (TPSA) is 72.7 Å². The van der Waals surface area contributed by atoms with Crippen molar-refractivity contribution in [2.75, 3.05) is 5.32 Å². The number of thiazole rings is 1. The molecule has 8 heteroatoms. The van der Waals surface area contributed by atoms with Gasteiger partial charge >= 0.3 is 0 Å². The van der Waals surface area contributed by atoms with Crippen molar-refractivity contribution < 1.29 is 4.79 Å². The quantitative estimate of drug-likeness (QED) is 0.788. The summed E-state index contributed by atoms with van der Waals surface area (Å²) in [5.41, 5.74) is 0.811. The molecule has 0 atom stereocenters. The third-order valence-electron chi connectivity index (χ3n) is 3.38. The van der Waals surface area contributed by atoms with Gasteiger partial charge in [-0.1, -0.05) is 22.9 Å². The lowest BCUT2D eigenvalue weighted by molar-refractivity contribution is 0.101. The fourth-order valence-electron chi connectivity index (χ4n) is 2.42. The highest BCUT2D eigenvalue weighted by molar-refractivity contribution is 7.22. The molecule has 2 aromatic heterocycles. The Labute approximate surface area is 128 Å². The third kappa shape index (κ3) is 2.18. The Kier molecular flexibility index (Phi) is 2.90. The van der Waals surface area contributed by atoms with Crippen LogP contribution in [0.15, 0.2) is 18.2 Å². The maximum Gasteiger partial charge on any atom is 0.295 e. The number of nitrogens with one attached hydrogen (secondary N) is 1. The molecule has 1 aliphatic heterocycles. The molecule has 1 aromatic carbocycles. The van der Waals surface area contributed by atoms with Crippen LogP contribution in [0.25, 0.3) is 10.2 Å². The van der Waals surface area contributed by atoms with E-state index >= 15 is 0 Å². The first-order valence-electron chi connectivity index (χ1n) is 6.50. The summed E-state index contributed by atoms with van der Waals surface area (Å²) >= 11 is 7.33. The Balaban J connectivity index is 1.63. The van der Waals surface area contributed by atoms with E-state index in [2.05, 4.69) is 20.5 Å². The van der Waals surface area contributed by atoms with Crippen LogP contribution in [-0.4, -0.2) is 25.7 Å². The number of aromatic nitrogens is 4. The molecular formula is C13H10ClN5OS. The van der Waals surface area contributed by atoms with Gasteiger partial charge in [-0.3, -0.25) is 10.1 Å². The van der Waals surface area contributed by atoms with E-state index in [9.17, 15) is 4.79 Å². The minimum atomic E-state index is -0.277. The Hall–Kier alpha value is -1.99. The Morgan fingerprint density at radius 3 is 3.19 bits per heavy atom. The number of rotatable bonds is 2. The second-order valence-electron chi connectivity index (χ2n) is 4.78. The Morgan fingerprint density at radius 2 is 2.29 bits per heavy atom. The molecule has 0 unspecified atom stereocenters. The van der Waals surface area contributed by atoms with E-state index in [1.165, 1.54) is 11.3 Å². The lowest BCUT2D eigenvalue weighted by Crippen LogP contribution is -2.17. The van der Waals surface area contributed by atoms with Crippen molar-refractivity contribution in [3.63, 3.8) is 0 Å². The molecule has 0 bridgehead atoms. The van der Waals surface area contributed by atoms with Crippen molar-refractivity contribution in [3.05, 3.63) is 34.9 Å². The monoisotopic (exact) mass is 319 g/mol. The number of amides is 1. The first-order chi connectivity index (χ1) is 10.2. The van der Waals surface area contributed by atoms with E-state index in [0.29, 0.717) is 16.0 Å². The van der Waals surface area contributed by atoms with Gasteiger partial charge in [0.05, 0.1) is 10.2 Å². The van der Waals surface area contributed by atoms with Crippen molar-refractivity contribution in [2.24, 2.45) is 0 Å². The molecule has 1 aliphatic rings.